The molecule has 0 radical (unpaired) electrons. The van der Waals surface area contributed by atoms with Crippen LogP contribution in [0, 0.1) is 0 Å². The van der Waals surface area contributed by atoms with Crippen LogP contribution >= 0.6 is 0 Å². The Morgan fingerprint density at radius 2 is 2.12 bits per heavy atom. The molecule has 3 N–H and O–H groups in total. The summed E-state index contributed by atoms with van der Waals surface area (Å²) >= 11 is 0. The van der Waals surface area contributed by atoms with Crippen LogP contribution in [0.3, 0.4) is 0 Å². The predicted octanol–water partition coefficient (Wildman–Crippen LogP) is 2.90. The van der Waals surface area contributed by atoms with Gasteiger partial charge in [-0.15, -0.1) is 0 Å². The van der Waals surface area contributed by atoms with Crippen LogP contribution in [0.25, 0.3) is 0 Å². The first-order valence-corrected chi connectivity index (χ1v) is 8.47. The Labute approximate surface area is 146 Å². The molecule has 0 atom stereocenters. The number of aryl methyl sites for hydroxylation is 1. The Morgan fingerprint density at radius 1 is 1.28 bits per heavy atom. The summed E-state index contributed by atoms with van der Waals surface area (Å²) in [7, 11) is 1.52. The molecule has 2 amide bonds. The number of aromatic nitrogens is 2. The zero-order valence-corrected chi connectivity index (χ0v) is 14.4. The van der Waals surface area contributed by atoms with Gasteiger partial charge < -0.3 is 15.4 Å². The van der Waals surface area contributed by atoms with E-state index in [1.165, 1.54) is 7.11 Å². The molecule has 0 fully saturated rings. The van der Waals surface area contributed by atoms with Crippen molar-refractivity contribution in [2.45, 2.75) is 39.0 Å². The monoisotopic (exact) mass is 342 g/mol. The normalized spacial score (nSPS) is 12.6. The van der Waals surface area contributed by atoms with E-state index in [4.69, 9.17) is 4.74 Å². The summed E-state index contributed by atoms with van der Waals surface area (Å²) in [5.41, 5.74) is 3.68. The lowest BCUT2D eigenvalue weighted by Crippen LogP contribution is -2.15. The van der Waals surface area contributed by atoms with Crippen LogP contribution in [0.1, 0.15) is 47.9 Å². The highest BCUT2D eigenvalue weighted by atomic mass is 16.5. The quantitative estimate of drug-likeness (QED) is 0.752. The van der Waals surface area contributed by atoms with Crippen molar-refractivity contribution in [3.8, 4) is 5.75 Å². The molecule has 1 aliphatic rings. The van der Waals surface area contributed by atoms with Gasteiger partial charge in [-0.3, -0.25) is 14.7 Å². The van der Waals surface area contributed by atoms with Gasteiger partial charge in [0, 0.05) is 29.4 Å². The minimum atomic E-state index is -0.246. The minimum absolute atomic E-state index is 0.0651. The maximum absolute atomic E-state index is 12.5. The van der Waals surface area contributed by atoms with Crippen LogP contribution in [-0.2, 0) is 17.6 Å². The smallest absolute Gasteiger partial charge is 0.276 e. The largest absolute Gasteiger partial charge is 0.494 e. The molecule has 0 spiro atoms. The van der Waals surface area contributed by atoms with Gasteiger partial charge in [0.2, 0.25) is 5.91 Å². The molecule has 1 aromatic heterocycles. The number of H-pyrrole nitrogens is 1. The number of aromatic amines is 1. The lowest BCUT2D eigenvalue weighted by molar-refractivity contribution is -0.116. The fourth-order valence-electron chi connectivity index (χ4n) is 3.01. The second kappa shape index (κ2) is 7.38. The van der Waals surface area contributed by atoms with E-state index < -0.39 is 0 Å². The van der Waals surface area contributed by atoms with Gasteiger partial charge in [-0.25, -0.2) is 0 Å². The molecular formula is C18H22N4O3. The molecule has 0 bridgehead atoms. The van der Waals surface area contributed by atoms with Gasteiger partial charge in [0.25, 0.3) is 5.91 Å². The SMILES string of the molecule is CCCC(=O)Nc1ccc(NC(=O)c2n[nH]c3c2CCC3)cc1OC. The summed E-state index contributed by atoms with van der Waals surface area (Å²) in [6, 6.07) is 5.14. The molecule has 3 rings (SSSR count). The number of nitrogens with one attached hydrogen (secondary N) is 3. The zero-order valence-electron chi connectivity index (χ0n) is 14.4. The van der Waals surface area contributed by atoms with Crippen molar-refractivity contribution in [2.75, 3.05) is 17.7 Å². The Morgan fingerprint density at radius 3 is 2.88 bits per heavy atom. The molecule has 1 aromatic carbocycles. The van der Waals surface area contributed by atoms with Gasteiger partial charge in [-0.05, 0) is 37.8 Å². The fraction of sp³-hybridized carbons (Fsp3) is 0.389. The summed E-state index contributed by atoms with van der Waals surface area (Å²) in [6.07, 6.45) is 4.09. The van der Waals surface area contributed by atoms with Crippen LogP contribution in [0.15, 0.2) is 18.2 Å². The standard InChI is InChI=1S/C18H22N4O3/c1-3-5-16(23)20-14-9-8-11(10-15(14)25-2)19-18(24)17-12-6-4-7-13(12)21-22-17/h8-10H,3-7H2,1-2H3,(H,19,24)(H,20,23)(H,21,22). The maximum atomic E-state index is 12.5. The van der Waals surface area contributed by atoms with E-state index in [2.05, 4.69) is 20.8 Å². The Balaban J connectivity index is 1.74. The van der Waals surface area contributed by atoms with Crippen molar-refractivity contribution in [1.82, 2.24) is 10.2 Å². The van der Waals surface area contributed by atoms with E-state index >= 15 is 0 Å². The second-order valence-electron chi connectivity index (χ2n) is 6.05. The highest BCUT2D eigenvalue weighted by molar-refractivity contribution is 6.04. The lowest BCUT2D eigenvalue weighted by atomic mass is 10.2. The van der Waals surface area contributed by atoms with Crippen molar-refractivity contribution in [2.24, 2.45) is 0 Å². The van der Waals surface area contributed by atoms with E-state index in [9.17, 15) is 9.59 Å². The van der Waals surface area contributed by atoms with Crippen molar-refractivity contribution in [3.05, 3.63) is 35.2 Å². The molecule has 7 nitrogen and oxygen atoms in total. The number of amides is 2. The molecule has 25 heavy (non-hydrogen) atoms. The topological polar surface area (TPSA) is 96.1 Å². The van der Waals surface area contributed by atoms with Crippen LogP contribution in [0.2, 0.25) is 0 Å². The first kappa shape index (κ1) is 17.0. The van der Waals surface area contributed by atoms with Crippen LogP contribution in [0.5, 0.6) is 5.75 Å². The van der Waals surface area contributed by atoms with Gasteiger partial charge in [-0.2, -0.15) is 5.10 Å². The third-order valence-corrected chi connectivity index (χ3v) is 4.23. The number of hydrogen-bond donors (Lipinski definition) is 3. The number of rotatable bonds is 6. The van der Waals surface area contributed by atoms with E-state index in [0.29, 0.717) is 29.2 Å². The van der Waals surface area contributed by atoms with Crippen molar-refractivity contribution in [1.29, 1.82) is 0 Å². The molecule has 0 unspecified atom stereocenters. The Hall–Kier alpha value is -2.83. The van der Waals surface area contributed by atoms with Gasteiger partial charge in [0.05, 0.1) is 12.8 Å². The molecule has 7 heteroatoms. The van der Waals surface area contributed by atoms with E-state index in [1.807, 2.05) is 6.92 Å². The molecular weight excluding hydrogens is 320 g/mol. The third kappa shape index (κ3) is 3.65. The number of fused-ring (bicyclic) bond motifs is 1. The molecule has 1 aliphatic carbocycles. The average Bonchev–Trinajstić information content (AvgIpc) is 3.19. The summed E-state index contributed by atoms with van der Waals surface area (Å²) in [5, 5.41) is 12.7. The van der Waals surface area contributed by atoms with E-state index in [0.717, 1.165) is 36.9 Å². The second-order valence-corrected chi connectivity index (χ2v) is 6.05. The zero-order chi connectivity index (χ0) is 17.8. The number of benzene rings is 1. The molecule has 132 valence electrons. The summed E-state index contributed by atoms with van der Waals surface area (Å²) in [4.78, 5) is 24.2. The molecule has 1 heterocycles. The van der Waals surface area contributed by atoms with E-state index in [1.54, 1.807) is 18.2 Å². The number of ether oxygens (including phenoxy) is 1. The molecule has 2 aromatic rings. The summed E-state index contributed by atoms with van der Waals surface area (Å²) < 4.78 is 5.32. The predicted molar refractivity (Wildman–Crippen MR) is 95.1 cm³/mol. The van der Waals surface area contributed by atoms with Crippen molar-refractivity contribution < 1.29 is 14.3 Å². The number of nitrogens with zero attached hydrogens (tertiary/aromatic N) is 1. The summed E-state index contributed by atoms with van der Waals surface area (Å²) in [6.45, 7) is 1.95. The number of carbonyl (C=O) groups excluding carboxylic acids is 2. The number of hydrogen-bond acceptors (Lipinski definition) is 4. The highest BCUT2D eigenvalue weighted by Gasteiger charge is 2.23. The number of methoxy groups -OCH3 is 1. The first-order chi connectivity index (χ1) is 12.1. The maximum Gasteiger partial charge on any atom is 0.276 e. The number of anilines is 2. The van der Waals surface area contributed by atoms with Gasteiger partial charge in [0.15, 0.2) is 5.69 Å². The van der Waals surface area contributed by atoms with Gasteiger partial charge in [0.1, 0.15) is 5.75 Å². The van der Waals surface area contributed by atoms with Crippen LogP contribution in [-0.4, -0.2) is 29.1 Å². The summed E-state index contributed by atoms with van der Waals surface area (Å²) in [5.74, 6) is 0.184. The first-order valence-electron chi connectivity index (χ1n) is 8.47. The Kier molecular flexibility index (Phi) is 5.02. The average molecular weight is 342 g/mol. The van der Waals surface area contributed by atoms with E-state index in [-0.39, 0.29) is 11.8 Å². The van der Waals surface area contributed by atoms with Crippen molar-refractivity contribution >= 4 is 23.2 Å². The number of carbonyl (C=O) groups is 2. The van der Waals surface area contributed by atoms with Crippen LogP contribution in [0.4, 0.5) is 11.4 Å². The van der Waals surface area contributed by atoms with Gasteiger partial charge >= 0.3 is 0 Å². The Bertz CT molecular complexity index is 798. The molecule has 0 saturated carbocycles. The van der Waals surface area contributed by atoms with Crippen molar-refractivity contribution in [3.63, 3.8) is 0 Å². The van der Waals surface area contributed by atoms with Gasteiger partial charge in [-0.1, -0.05) is 6.92 Å². The highest BCUT2D eigenvalue weighted by Crippen LogP contribution is 2.29. The lowest BCUT2D eigenvalue weighted by Gasteiger charge is -2.12. The molecule has 0 saturated heterocycles. The van der Waals surface area contributed by atoms with Crippen LogP contribution < -0.4 is 15.4 Å². The molecule has 0 aliphatic heterocycles. The fourth-order valence-corrected chi connectivity index (χ4v) is 3.01. The third-order valence-electron chi connectivity index (χ3n) is 4.23. The minimum Gasteiger partial charge on any atom is -0.494 e.